The Labute approximate surface area is 200 Å². The molecule has 0 spiro atoms. The average Bonchev–Trinajstić information content (AvgIpc) is 3.47. The minimum Gasteiger partial charge on any atom is -0.495 e. The number of halogens is 1. The van der Waals surface area contributed by atoms with Crippen LogP contribution in [0.4, 0.5) is 11.9 Å². The lowest BCUT2D eigenvalue weighted by Crippen LogP contribution is -2.15. The van der Waals surface area contributed by atoms with E-state index < -0.39 is 5.91 Å². The van der Waals surface area contributed by atoms with E-state index in [2.05, 4.69) is 58.1 Å². The molecule has 0 unspecified atom stereocenters. The number of H-pyrrole nitrogens is 2. The van der Waals surface area contributed by atoms with E-state index in [-0.39, 0.29) is 17.5 Å². The molecular weight excluding hydrogens is 537 g/mol. The molecule has 5 aromatic rings. The molecule has 3 heterocycles. The first kappa shape index (κ1) is 20.9. The number of benzene rings is 2. The van der Waals surface area contributed by atoms with Crippen molar-refractivity contribution in [3.63, 3.8) is 0 Å². The first-order valence-electron chi connectivity index (χ1n) is 9.76. The Balaban J connectivity index is 1.42. The largest absolute Gasteiger partial charge is 0.495 e. The highest BCUT2D eigenvalue weighted by atomic mass is 127. The summed E-state index contributed by atoms with van der Waals surface area (Å²) in [5.41, 5.74) is 1.58. The summed E-state index contributed by atoms with van der Waals surface area (Å²) in [6.07, 6.45) is 4.76. The molecule has 164 valence electrons. The Morgan fingerprint density at radius 2 is 1.91 bits per heavy atom. The Bertz CT molecular complexity index is 1510. The van der Waals surface area contributed by atoms with Gasteiger partial charge in [-0.1, -0.05) is 12.1 Å². The third-order valence-corrected chi connectivity index (χ3v) is 5.81. The van der Waals surface area contributed by atoms with Crippen molar-refractivity contribution < 1.29 is 14.3 Å². The predicted octanol–water partition coefficient (Wildman–Crippen LogP) is 3.95. The van der Waals surface area contributed by atoms with Crippen LogP contribution in [0.2, 0.25) is 0 Å². The van der Waals surface area contributed by atoms with Gasteiger partial charge in [-0.25, -0.2) is 9.97 Å². The van der Waals surface area contributed by atoms with Gasteiger partial charge in [-0.05, 0) is 52.2 Å². The number of nitrogens with zero attached hydrogens (tertiary/aromatic N) is 3. The number of ether oxygens (including phenoxy) is 1. The molecule has 33 heavy (non-hydrogen) atoms. The zero-order chi connectivity index (χ0) is 22.9. The summed E-state index contributed by atoms with van der Waals surface area (Å²) in [7, 11) is 1.60. The maximum Gasteiger partial charge on any atom is 0.276 e. The second-order valence-corrected chi connectivity index (χ2v) is 8.17. The molecule has 0 aliphatic heterocycles. The van der Waals surface area contributed by atoms with Crippen LogP contribution in [-0.2, 0) is 0 Å². The van der Waals surface area contributed by atoms with Gasteiger partial charge in [-0.2, -0.15) is 0 Å². The number of anilines is 2. The minimum absolute atomic E-state index is 0.204. The molecule has 2 amide bonds. The molecule has 0 bridgehead atoms. The lowest BCUT2D eigenvalue weighted by molar-refractivity contribution is 0.101. The fourth-order valence-corrected chi connectivity index (χ4v) is 4.14. The van der Waals surface area contributed by atoms with Crippen molar-refractivity contribution in [2.24, 2.45) is 0 Å². The molecule has 0 saturated carbocycles. The van der Waals surface area contributed by atoms with E-state index in [0.717, 1.165) is 14.3 Å². The molecule has 0 atom stereocenters. The number of imidazole rings is 2. The molecule has 0 radical (unpaired) electrons. The molecule has 0 fully saturated rings. The summed E-state index contributed by atoms with van der Waals surface area (Å²) in [5.74, 6) is 0.435. The SMILES string of the molecule is COc1c(I)ccc2cc(C(=O)Nc3nc4c(C(=O)Nc5ncc[nH]5)cccc4[nH]3)ncc12. The van der Waals surface area contributed by atoms with Crippen molar-refractivity contribution in [2.75, 3.05) is 17.7 Å². The second kappa shape index (κ2) is 8.50. The number of nitrogens with one attached hydrogen (secondary N) is 4. The number of carbonyl (C=O) groups is 2. The van der Waals surface area contributed by atoms with E-state index in [4.69, 9.17) is 4.74 Å². The molecule has 0 aliphatic rings. The number of para-hydroxylation sites is 1. The summed E-state index contributed by atoms with van der Waals surface area (Å²) in [5, 5.41) is 7.03. The number of aromatic nitrogens is 5. The fraction of sp³-hybridized carbons (Fsp3) is 0.0455. The maximum atomic E-state index is 12.8. The van der Waals surface area contributed by atoms with Crippen molar-refractivity contribution in [3.05, 3.63) is 69.8 Å². The number of aromatic amines is 2. The normalized spacial score (nSPS) is 11.0. The van der Waals surface area contributed by atoms with E-state index in [1.165, 1.54) is 6.20 Å². The van der Waals surface area contributed by atoms with Crippen LogP contribution in [0, 0.1) is 3.57 Å². The Kier molecular flexibility index (Phi) is 5.38. The van der Waals surface area contributed by atoms with Gasteiger partial charge in [0.1, 0.15) is 17.0 Å². The van der Waals surface area contributed by atoms with Crippen molar-refractivity contribution in [3.8, 4) is 5.75 Å². The van der Waals surface area contributed by atoms with E-state index in [1.807, 2.05) is 12.1 Å². The zero-order valence-corrected chi connectivity index (χ0v) is 19.3. The maximum absolute atomic E-state index is 12.8. The van der Waals surface area contributed by atoms with Crippen molar-refractivity contribution in [1.82, 2.24) is 24.9 Å². The van der Waals surface area contributed by atoms with Crippen LogP contribution in [0.5, 0.6) is 5.75 Å². The van der Waals surface area contributed by atoms with Crippen LogP contribution in [0.3, 0.4) is 0 Å². The quantitative estimate of drug-likeness (QED) is 0.243. The summed E-state index contributed by atoms with van der Waals surface area (Å²) >= 11 is 2.19. The van der Waals surface area contributed by atoms with Crippen LogP contribution in [0.25, 0.3) is 21.8 Å². The molecule has 11 heteroatoms. The Morgan fingerprint density at radius 3 is 2.70 bits per heavy atom. The minimum atomic E-state index is -0.435. The van der Waals surface area contributed by atoms with Gasteiger partial charge in [0, 0.05) is 24.0 Å². The number of amides is 2. The Morgan fingerprint density at radius 1 is 1.06 bits per heavy atom. The summed E-state index contributed by atoms with van der Waals surface area (Å²) < 4.78 is 6.40. The highest BCUT2D eigenvalue weighted by Crippen LogP contribution is 2.30. The van der Waals surface area contributed by atoms with Gasteiger partial charge in [0.2, 0.25) is 11.9 Å². The molecular formula is C22H16IN7O3. The molecule has 2 aromatic carbocycles. The van der Waals surface area contributed by atoms with E-state index in [1.54, 1.807) is 43.8 Å². The van der Waals surface area contributed by atoms with Gasteiger partial charge in [-0.15, -0.1) is 0 Å². The summed E-state index contributed by atoms with van der Waals surface area (Å²) in [6.45, 7) is 0. The van der Waals surface area contributed by atoms with E-state index in [0.29, 0.717) is 28.3 Å². The first-order valence-corrected chi connectivity index (χ1v) is 10.8. The van der Waals surface area contributed by atoms with Gasteiger partial charge in [0.25, 0.3) is 11.8 Å². The van der Waals surface area contributed by atoms with Crippen LogP contribution in [0.1, 0.15) is 20.8 Å². The monoisotopic (exact) mass is 553 g/mol. The highest BCUT2D eigenvalue weighted by molar-refractivity contribution is 14.1. The molecule has 5 rings (SSSR count). The molecule has 3 aromatic heterocycles. The number of fused-ring (bicyclic) bond motifs is 2. The smallest absolute Gasteiger partial charge is 0.276 e. The van der Waals surface area contributed by atoms with Gasteiger partial charge in [-0.3, -0.25) is 25.2 Å². The summed E-state index contributed by atoms with van der Waals surface area (Å²) in [6, 6.07) is 10.6. The zero-order valence-electron chi connectivity index (χ0n) is 17.1. The number of hydrogen-bond donors (Lipinski definition) is 4. The number of rotatable bonds is 5. The second-order valence-electron chi connectivity index (χ2n) is 7.00. The standard InChI is InChI=1S/C22H16IN7O3/c1-33-18-13-10-26-16(9-11(13)5-6-14(18)23)20(32)30-22-27-15-4-2-3-12(17(15)28-22)19(31)29-21-24-7-8-25-21/h2-10H,1H3,(H2,24,25,29,31)(H2,27,28,30,32). The van der Waals surface area contributed by atoms with Gasteiger partial charge >= 0.3 is 0 Å². The lowest BCUT2D eigenvalue weighted by atomic mass is 10.1. The van der Waals surface area contributed by atoms with E-state index >= 15 is 0 Å². The average molecular weight is 553 g/mol. The van der Waals surface area contributed by atoms with Crippen molar-refractivity contribution in [1.29, 1.82) is 0 Å². The molecule has 10 nitrogen and oxygen atoms in total. The third kappa shape index (κ3) is 3.98. The van der Waals surface area contributed by atoms with Crippen molar-refractivity contribution in [2.45, 2.75) is 0 Å². The van der Waals surface area contributed by atoms with Crippen molar-refractivity contribution >= 4 is 68.1 Å². The molecule has 0 saturated heterocycles. The number of hydrogen-bond acceptors (Lipinski definition) is 6. The van der Waals surface area contributed by atoms with Gasteiger partial charge in [0.15, 0.2) is 0 Å². The van der Waals surface area contributed by atoms with Gasteiger partial charge in [0.05, 0.1) is 21.8 Å². The Hall–Kier alpha value is -4.00. The molecule has 0 aliphatic carbocycles. The number of carbonyl (C=O) groups excluding carboxylic acids is 2. The topological polar surface area (TPSA) is 138 Å². The first-order chi connectivity index (χ1) is 16.0. The highest BCUT2D eigenvalue weighted by Gasteiger charge is 2.17. The van der Waals surface area contributed by atoms with Crippen LogP contribution < -0.4 is 15.4 Å². The van der Waals surface area contributed by atoms with E-state index in [9.17, 15) is 9.59 Å². The lowest BCUT2D eigenvalue weighted by Gasteiger charge is -2.08. The predicted molar refractivity (Wildman–Crippen MR) is 132 cm³/mol. The number of pyridine rings is 1. The third-order valence-electron chi connectivity index (χ3n) is 4.96. The van der Waals surface area contributed by atoms with Crippen LogP contribution in [-0.4, -0.2) is 43.8 Å². The van der Waals surface area contributed by atoms with Crippen LogP contribution >= 0.6 is 22.6 Å². The van der Waals surface area contributed by atoms with Crippen LogP contribution in [0.15, 0.2) is 55.0 Å². The number of methoxy groups -OCH3 is 1. The summed E-state index contributed by atoms with van der Waals surface area (Å²) in [4.78, 5) is 44.0. The van der Waals surface area contributed by atoms with Gasteiger partial charge < -0.3 is 14.7 Å². The molecule has 4 N–H and O–H groups in total. The fourth-order valence-electron chi connectivity index (χ4n) is 3.45.